The van der Waals surface area contributed by atoms with Gasteiger partial charge >= 0.3 is 0 Å². The van der Waals surface area contributed by atoms with Crippen molar-refractivity contribution in [1.82, 2.24) is 9.88 Å². The van der Waals surface area contributed by atoms with Crippen LogP contribution in [-0.2, 0) is 15.8 Å². The molecule has 3 N–H and O–H groups in total. The summed E-state index contributed by atoms with van der Waals surface area (Å²) in [6.45, 7) is 0.323. The largest absolute Gasteiger partial charge is 0.356 e. The van der Waals surface area contributed by atoms with Gasteiger partial charge in [-0.05, 0) is 30.9 Å². The minimum atomic E-state index is -3.51. The molecule has 0 saturated heterocycles. The minimum Gasteiger partial charge on any atom is -0.356 e. The van der Waals surface area contributed by atoms with Gasteiger partial charge in [0, 0.05) is 18.0 Å². The van der Waals surface area contributed by atoms with Crippen LogP contribution >= 0.6 is 0 Å². The van der Waals surface area contributed by atoms with Crippen molar-refractivity contribution in [2.24, 2.45) is 11.7 Å². The van der Waals surface area contributed by atoms with Gasteiger partial charge in [-0.3, -0.25) is 0 Å². The van der Waals surface area contributed by atoms with Gasteiger partial charge in [-0.25, -0.2) is 13.1 Å². The van der Waals surface area contributed by atoms with Crippen LogP contribution in [0.3, 0.4) is 0 Å². The van der Waals surface area contributed by atoms with Crippen molar-refractivity contribution in [2.75, 3.05) is 6.54 Å². The number of sulfonamides is 1. The maximum absolute atomic E-state index is 12.5. The molecule has 1 atom stereocenters. The van der Waals surface area contributed by atoms with Crippen molar-refractivity contribution in [2.45, 2.75) is 43.9 Å². The molecule has 1 fully saturated rings. The van der Waals surface area contributed by atoms with E-state index in [9.17, 15) is 8.42 Å². The molecule has 1 aliphatic carbocycles. The third-order valence-corrected chi connectivity index (χ3v) is 5.90. The average Bonchev–Trinajstić information content (AvgIpc) is 2.96. The van der Waals surface area contributed by atoms with Crippen molar-refractivity contribution in [1.29, 1.82) is 0 Å². The van der Waals surface area contributed by atoms with Crippen molar-refractivity contribution in [3.8, 4) is 0 Å². The van der Waals surface area contributed by atoms with Gasteiger partial charge < -0.3 is 10.3 Å². The van der Waals surface area contributed by atoms with Gasteiger partial charge in [0.2, 0.25) is 10.0 Å². The fourth-order valence-electron chi connectivity index (χ4n) is 3.37. The third-order valence-electron chi connectivity index (χ3n) is 4.58. The van der Waals surface area contributed by atoms with E-state index in [1.807, 2.05) is 18.2 Å². The Labute approximate surface area is 136 Å². The predicted octanol–water partition coefficient (Wildman–Crippen LogP) is 2.15. The molecule has 1 aliphatic rings. The molecule has 1 aromatic heterocycles. The fraction of sp³-hybridized carbons (Fsp3) is 0.562. The second-order valence-corrected chi connectivity index (χ2v) is 8.00. The van der Waals surface area contributed by atoms with Gasteiger partial charge in [0.1, 0.15) is 11.4 Å². The highest BCUT2D eigenvalue weighted by Crippen LogP contribution is 2.27. The second-order valence-electron chi connectivity index (χ2n) is 6.24. The zero-order chi connectivity index (χ0) is 16.3. The lowest BCUT2D eigenvalue weighted by molar-refractivity contribution is 0.294. The van der Waals surface area contributed by atoms with Crippen molar-refractivity contribution in [3.05, 3.63) is 30.0 Å². The summed E-state index contributed by atoms with van der Waals surface area (Å²) in [5.74, 6) is 0.144. The van der Waals surface area contributed by atoms with Crippen LogP contribution in [0.4, 0.5) is 0 Å². The summed E-state index contributed by atoms with van der Waals surface area (Å²) in [5, 5.41) is 4.64. The molecule has 126 valence electrons. The van der Waals surface area contributed by atoms with Crippen molar-refractivity contribution in [3.63, 3.8) is 0 Å². The molecule has 0 amide bonds. The number of para-hydroxylation sites is 1. The van der Waals surface area contributed by atoms with E-state index >= 15 is 0 Å². The Bertz CT molecular complexity index is 751. The number of nitrogens with zero attached hydrogens (tertiary/aromatic N) is 1. The topological polar surface area (TPSA) is 98.2 Å². The lowest BCUT2D eigenvalue weighted by Gasteiger charge is -2.29. The first-order valence-corrected chi connectivity index (χ1v) is 9.77. The van der Waals surface area contributed by atoms with Gasteiger partial charge in [-0.2, -0.15) is 0 Å². The van der Waals surface area contributed by atoms with E-state index in [0.29, 0.717) is 23.7 Å². The monoisotopic (exact) mass is 337 g/mol. The maximum Gasteiger partial charge on any atom is 0.217 e. The number of benzene rings is 1. The number of nitrogens with one attached hydrogen (secondary N) is 1. The van der Waals surface area contributed by atoms with Crippen LogP contribution in [0.15, 0.2) is 28.8 Å². The lowest BCUT2D eigenvalue weighted by Crippen LogP contribution is -2.46. The Kier molecular flexibility index (Phi) is 4.99. The second kappa shape index (κ2) is 6.98. The van der Waals surface area contributed by atoms with Crippen LogP contribution in [0.5, 0.6) is 0 Å². The summed E-state index contributed by atoms with van der Waals surface area (Å²) < 4.78 is 33.0. The van der Waals surface area contributed by atoms with E-state index in [2.05, 4.69) is 9.88 Å². The molecule has 0 aliphatic heterocycles. The van der Waals surface area contributed by atoms with E-state index in [0.717, 1.165) is 31.1 Å². The Morgan fingerprint density at radius 1 is 1.26 bits per heavy atom. The molecule has 0 spiro atoms. The average molecular weight is 337 g/mol. The maximum atomic E-state index is 12.5. The van der Waals surface area contributed by atoms with Crippen LogP contribution in [0.25, 0.3) is 11.0 Å². The number of rotatable bonds is 6. The van der Waals surface area contributed by atoms with Gasteiger partial charge in [-0.1, -0.05) is 36.6 Å². The molecular formula is C16H23N3O3S. The summed E-state index contributed by atoms with van der Waals surface area (Å²) in [6, 6.07) is 7.07. The van der Waals surface area contributed by atoms with Crippen LogP contribution in [0, 0.1) is 5.92 Å². The molecule has 7 heteroatoms. The zero-order valence-electron chi connectivity index (χ0n) is 13.1. The smallest absolute Gasteiger partial charge is 0.217 e. The zero-order valence-corrected chi connectivity index (χ0v) is 13.9. The van der Waals surface area contributed by atoms with Crippen LogP contribution in [0.1, 0.15) is 37.8 Å². The molecule has 1 unspecified atom stereocenters. The Hall–Kier alpha value is -1.44. The lowest BCUT2D eigenvalue weighted by atomic mass is 9.84. The van der Waals surface area contributed by atoms with Crippen LogP contribution < -0.4 is 10.5 Å². The SMILES string of the molecule is NCC(NS(=O)(=O)Cc1noc2ccccc12)C1CCCCC1. The summed E-state index contributed by atoms with van der Waals surface area (Å²) in [6.07, 6.45) is 5.60. The standard InChI is InChI=1S/C16H23N3O3S/c17-10-14(12-6-2-1-3-7-12)19-23(20,21)11-15-13-8-4-5-9-16(13)22-18-15/h4-5,8-9,12,14,19H,1-3,6-7,10-11,17H2. The molecule has 0 radical (unpaired) electrons. The van der Waals surface area contributed by atoms with Gasteiger partial charge in [-0.15, -0.1) is 0 Å². The quantitative estimate of drug-likeness (QED) is 0.841. The van der Waals surface area contributed by atoms with E-state index in [1.165, 1.54) is 6.42 Å². The normalized spacial score (nSPS) is 18.3. The first-order chi connectivity index (χ1) is 11.1. The Balaban J connectivity index is 1.73. The molecule has 1 heterocycles. The Morgan fingerprint density at radius 2 is 2.00 bits per heavy atom. The Morgan fingerprint density at radius 3 is 2.74 bits per heavy atom. The van der Waals surface area contributed by atoms with E-state index in [-0.39, 0.29) is 11.8 Å². The van der Waals surface area contributed by atoms with E-state index < -0.39 is 10.0 Å². The number of aromatic nitrogens is 1. The first-order valence-electron chi connectivity index (χ1n) is 8.12. The number of hydrogen-bond acceptors (Lipinski definition) is 5. The van der Waals surface area contributed by atoms with Crippen molar-refractivity contribution >= 4 is 21.0 Å². The highest BCUT2D eigenvalue weighted by atomic mass is 32.2. The molecule has 3 rings (SSSR count). The molecule has 6 nitrogen and oxygen atoms in total. The number of hydrogen-bond donors (Lipinski definition) is 2. The van der Waals surface area contributed by atoms with Gasteiger partial charge in [0.05, 0.1) is 0 Å². The minimum absolute atomic E-state index is 0.187. The highest BCUT2D eigenvalue weighted by molar-refractivity contribution is 7.88. The van der Waals surface area contributed by atoms with Crippen LogP contribution in [-0.4, -0.2) is 26.2 Å². The molecule has 2 aromatic rings. The van der Waals surface area contributed by atoms with Gasteiger partial charge in [0.15, 0.2) is 5.58 Å². The molecule has 0 bridgehead atoms. The molecule has 1 aromatic carbocycles. The van der Waals surface area contributed by atoms with E-state index in [1.54, 1.807) is 6.07 Å². The van der Waals surface area contributed by atoms with Crippen molar-refractivity contribution < 1.29 is 12.9 Å². The third kappa shape index (κ3) is 3.91. The van der Waals surface area contributed by atoms with E-state index in [4.69, 9.17) is 10.3 Å². The molecule has 1 saturated carbocycles. The number of nitrogens with two attached hydrogens (primary N) is 1. The summed E-state index contributed by atoms with van der Waals surface area (Å²) in [7, 11) is -3.51. The molecular weight excluding hydrogens is 314 g/mol. The molecule has 23 heavy (non-hydrogen) atoms. The number of fused-ring (bicyclic) bond motifs is 1. The summed E-state index contributed by atoms with van der Waals surface area (Å²) in [4.78, 5) is 0. The highest BCUT2D eigenvalue weighted by Gasteiger charge is 2.27. The fourth-order valence-corrected chi connectivity index (χ4v) is 4.77. The summed E-state index contributed by atoms with van der Waals surface area (Å²) >= 11 is 0. The predicted molar refractivity (Wildman–Crippen MR) is 89.2 cm³/mol. The van der Waals surface area contributed by atoms with Gasteiger partial charge in [0.25, 0.3) is 0 Å². The first kappa shape index (κ1) is 16.4. The summed E-state index contributed by atoms with van der Waals surface area (Å²) in [5.41, 5.74) is 6.85. The van der Waals surface area contributed by atoms with Crippen LogP contribution in [0.2, 0.25) is 0 Å².